The van der Waals surface area contributed by atoms with E-state index in [2.05, 4.69) is 15.9 Å². The summed E-state index contributed by atoms with van der Waals surface area (Å²) in [6, 6.07) is 3.17. The Balaban J connectivity index is 3.33. The minimum Gasteiger partial charge on any atom is -0.423 e. The fourth-order valence-corrected chi connectivity index (χ4v) is 1.69. The van der Waals surface area contributed by atoms with E-state index in [1.807, 2.05) is 0 Å². The van der Waals surface area contributed by atoms with Gasteiger partial charge in [-0.15, -0.1) is 0 Å². The number of benzene rings is 1. The molecule has 6 heteroatoms. The van der Waals surface area contributed by atoms with Crippen LogP contribution in [-0.2, 0) is 0 Å². The van der Waals surface area contributed by atoms with Crippen LogP contribution in [0.25, 0.3) is 0 Å². The summed E-state index contributed by atoms with van der Waals surface area (Å²) in [5, 5.41) is 18.2. The van der Waals surface area contributed by atoms with Crippen LogP contribution in [0.15, 0.2) is 16.6 Å². The van der Waals surface area contributed by atoms with Crippen molar-refractivity contribution in [3.63, 3.8) is 0 Å². The normalized spacial score (nSPS) is 10.1. The van der Waals surface area contributed by atoms with Crippen LogP contribution in [0.3, 0.4) is 0 Å². The maximum absolute atomic E-state index is 8.88. The van der Waals surface area contributed by atoms with Crippen molar-refractivity contribution < 1.29 is 10.0 Å². The van der Waals surface area contributed by atoms with Crippen molar-refractivity contribution in [2.24, 2.45) is 0 Å². The van der Waals surface area contributed by atoms with Crippen LogP contribution in [0.2, 0.25) is 10.0 Å². The highest BCUT2D eigenvalue weighted by atomic mass is 79.9. The summed E-state index contributed by atoms with van der Waals surface area (Å²) >= 11 is 14.5. The standard InChI is InChI=1S/C6H4BBrCl2O2/c8-3-1-2-4(9)5(6(3)10)7(11)12/h1-2,11-12H. The van der Waals surface area contributed by atoms with Crippen molar-refractivity contribution in [2.45, 2.75) is 0 Å². The fourth-order valence-electron chi connectivity index (χ4n) is 0.779. The van der Waals surface area contributed by atoms with Gasteiger partial charge in [0, 0.05) is 15.0 Å². The molecule has 0 spiro atoms. The molecule has 0 saturated heterocycles. The van der Waals surface area contributed by atoms with Crippen LogP contribution in [0.1, 0.15) is 0 Å². The van der Waals surface area contributed by atoms with Gasteiger partial charge >= 0.3 is 7.12 Å². The Kier molecular flexibility index (Phi) is 3.43. The van der Waals surface area contributed by atoms with E-state index in [4.69, 9.17) is 33.2 Å². The van der Waals surface area contributed by atoms with Crippen molar-refractivity contribution in [1.82, 2.24) is 0 Å². The van der Waals surface area contributed by atoms with E-state index in [1.165, 1.54) is 6.07 Å². The minimum atomic E-state index is -1.65. The molecule has 0 aromatic heterocycles. The van der Waals surface area contributed by atoms with E-state index in [0.29, 0.717) is 4.47 Å². The fraction of sp³-hybridized carbons (Fsp3) is 0. The van der Waals surface area contributed by atoms with Crippen molar-refractivity contribution >= 4 is 51.7 Å². The first-order valence-electron chi connectivity index (χ1n) is 3.03. The smallest absolute Gasteiger partial charge is 0.423 e. The second-order valence-electron chi connectivity index (χ2n) is 2.13. The number of hydrogen-bond acceptors (Lipinski definition) is 2. The predicted octanol–water partition coefficient (Wildman–Crippen LogP) is 1.44. The first-order chi connectivity index (χ1) is 5.54. The van der Waals surface area contributed by atoms with Gasteiger partial charge in [-0.1, -0.05) is 23.2 Å². The van der Waals surface area contributed by atoms with Gasteiger partial charge in [0.15, 0.2) is 0 Å². The summed E-state index contributed by atoms with van der Waals surface area (Å²) < 4.78 is 0.580. The van der Waals surface area contributed by atoms with E-state index >= 15 is 0 Å². The molecular weight excluding hydrogens is 266 g/mol. The SMILES string of the molecule is OB(O)c1c(Cl)ccc(Br)c1Cl. The Morgan fingerprint density at radius 3 is 2.25 bits per heavy atom. The third-order valence-electron chi connectivity index (χ3n) is 1.34. The molecule has 0 heterocycles. The monoisotopic (exact) mass is 268 g/mol. The molecule has 2 N–H and O–H groups in total. The Bertz CT molecular complexity index is 306. The summed E-state index contributed by atoms with van der Waals surface area (Å²) in [5.74, 6) is 0. The van der Waals surface area contributed by atoms with Crippen LogP contribution in [0.4, 0.5) is 0 Å². The zero-order valence-corrected chi connectivity index (χ0v) is 8.86. The van der Waals surface area contributed by atoms with Crippen molar-refractivity contribution in [3.8, 4) is 0 Å². The van der Waals surface area contributed by atoms with E-state index in [0.717, 1.165) is 0 Å². The molecule has 0 bridgehead atoms. The minimum absolute atomic E-state index is 0.118. The van der Waals surface area contributed by atoms with Crippen LogP contribution in [0.5, 0.6) is 0 Å². The molecule has 0 radical (unpaired) electrons. The molecule has 0 fully saturated rings. The molecule has 0 atom stereocenters. The van der Waals surface area contributed by atoms with Gasteiger partial charge < -0.3 is 10.0 Å². The molecule has 0 amide bonds. The molecule has 64 valence electrons. The molecule has 0 aliphatic rings. The van der Waals surface area contributed by atoms with Gasteiger partial charge in [-0.3, -0.25) is 0 Å². The first kappa shape index (κ1) is 10.3. The van der Waals surface area contributed by atoms with E-state index in [-0.39, 0.29) is 15.5 Å². The Morgan fingerprint density at radius 1 is 1.25 bits per heavy atom. The summed E-state index contributed by atoms with van der Waals surface area (Å²) in [6.45, 7) is 0. The third-order valence-corrected chi connectivity index (χ3v) is 2.96. The van der Waals surface area contributed by atoms with Gasteiger partial charge in [-0.2, -0.15) is 0 Å². The summed E-state index contributed by atoms with van der Waals surface area (Å²) in [5.41, 5.74) is 0.118. The quantitative estimate of drug-likeness (QED) is 0.598. The molecule has 1 rings (SSSR count). The number of hydrogen-bond donors (Lipinski definition) is 2. The van der Waals surface area contributed by atoms with Gasteiger partial charge in [0.05, 0.1) is 5.02 Å². The van der Waals surface area contributed by atoms with Gasteiger partial charge in [-0.05, 0) is 28.1 Å². The van der Waals surface area contributed by atoms with Gasteiger partial charge in [-0.25, -0.2) is 0 Å². The number of rotatable bonds is 1. The summed E-state index contributed by atoms with van der Waals surface area (Å²) in [6.07, 6.45) is 0. The molecule has 12 heavy (non-hydrogen) atoms. The van der Waals surface area contributed by atoms with Crippen molar-refractivity contribution in [3.05, 3.63) is 26.7 Å². The first-order valence-corrected chi connectivity index (χ1v) is 4.58. The van der Waals surface area contributed by atoms with Gasteiger partial charge in [0.2, 0.25) is 0 Å². The molecule has 0 saturated carbocycles. The maximum Gasteiger partial charge on any atom is 0.491 e. The van der Waals surface area contributed by atoms with Crippen molar-refractivity contribution in [1.29, 1.82) is 0 Å². The lowest BCUT2D eigenvalue weighted by atomic mass is 9.80. The molecule has 2 nitrogen and oxygen atoms in total. The van der Waals surface area contributed by atoms with Crippen molar-refractivity contribution in [2.75, 3.05) is 0 Å². The largest absolute Gasteiger partial charge is 0.491 e. The molecule has 0 aliphatic carbocycles. The summed E-state index contributed by atoms with van der Waals surface area (Å²) in [7, 11) is -1.65. The second kappa shape index (κ2) is 3.98. The van der Waals surface area contributed by atoms with Crippen LogP contribution < -0.4 is 5.46 Å². The van der Waals surface area contributed by atoms with Gasteiger partial charge in [0.25, 0.3) is 0 Å². The average molecular weight is 270 g/mol. The average Bonchev–Trinajstić information content (AvgIpc) is 1.97. The maximum atomic E-state index is 8.88. The molecule has 1 aromatic rings. The van der Waals surface area contributed by atoms with E-state index in [1.54, 1.807) is 6.07 Å². The molecule has 1 aromatic carbocycles. The Hall–Kier alpha value is 0.265. The molecule has 0 unspecified atom stereocenters. The van der Waals surface area contributed by atoms with Crippen LogP contribution in [-0.4, -0.2) is 17.2 Å². The zero-order valence-electron chi connectivity index (χ0n) is 5.76. The molecular formula is C6H4BBrCl2O2. The number of halogens is 3. The highest BCUT2D eigenvalue weighted by molar-refractivity contribution is 9.10. The Labute approximate surface area is 88.4 Å². The lowest BCUT2D eigenvalue weighted by Crippen LogP contribution is -2.32. The lowest BCUT2D eigenvalue weighted by molar-refractivity contribution is 0.426. The molecule has 0 aliphatic heterocycles. The van der Waals surface area contributed by atoms with E-state index in [9.17, 15) is 0 Å². The lowest BCUT2D eigenvalue weighted by Gasteiger charge is -2.06. The summed E-state index contributed by atoms with van der Waals surface area (Å²) in [4.78, 5) is 0. The van der Waals surface area contributed by atoms with Gasteiger partial charge in [0.1, 0.15) is 0 Å². The van der Waals surface area contributed by atoms with Crippen LogP contribution in [0, 0.1) is 0 Å². The van der Waals surface area contributed by atoms with E-state index < -0.39 is 7.12 Å². The Morgan fingerprint density at radius 2 is 1.83 bits per heavy atom. The van der Waals surface area contributed by atoms with Crippen LogP contribution >= 0.6 is 39.1 Å². The third kappa shape index (κ3) is 1.95. The zero-order chi connectivity index (χ0) is 9.30. The highest BCUT2D eigenvalue weighted by Gasteiger charge is 2.20. The highest BCUT2D eigenvalue weighted by Crippen LogP contribution is 2.23. The second-order valence-corrected chi connectivity index (χ2v) is 3.77. The predicted molar refractivity (Wildman–Crippen MR) is 54.0 cm³/mol. The topological polar surface area (TPSA) is 40.5 Å².